The van der Waals surface area contributed by atoms with Gasteiger partial charge in [0.15, 0.2) is 0 Å². The molecular formula is C13H20N2O2S. The van der Waals surface area contributed by atoms with Crippen molar-refractivity contribution in [2.24, 2.45) is 0 Å². The number of hydrogen-bond acceptors (Lipinski definition) is 4. The molecule has 2 heterocycles. The Morgan fingerprint density at radius 1 is 1.61 bits per heavy atom. The minimum absolute atomic E-state index is 0.353. The molecule has 5 heteroatoms. The summed E-state index contributed by atoms with van der Waals surface area (Å²) in [5.41, 5.74) is 0. The Hall–Kier alpha value is -0.910. The molecule has 1 aromatic rings. The van der Waals surface area contributed by atoms with Crippen molar-refractivity contribution in [1.29, 1.82) is 0 Å². The van der Waals surface area contributed by atoms with Crippen LogP contribution >= 0.6 is 11.3 Å². The van der Waals surface area contributed by atoms with Gasteiger partial charge in [-0.3, -0.25) is 9.69 Å². The van der Waals surface area contributed by atoms with Crippen molar-refractivity contribution in [1.82, 2.24) is 9.80 Å². The Kier molecular flexibility index (Phi) is 4.37. The van der Waals surface area contributed by atoms with E-state index in [0.29, 0.717) is 12.5 Å². The monoisotopic (exact) mass is 268 g/mol. The van der Waals surface area contributed by atoms with E-state index in [2.05, 4.69) is 15.9 Å². The number of piperidine rings is 1. The number of aliphatic carboxylic acids is 1. The zero-order valence-electron chi connectivity index (χ0n) is 10.9. The van der Waals surface area contributed by atoms with Crippen molar-refractivity contribution in [3.63, 3.8) is 0 Å². The van der Waals surface area contributed by atoms with Crippen LogP contribution in [0.15, 0.2) is 17.5 Å². The van der Waals surface area contributed by atoms with Gasteiger partial charge in [0.25, 0.3) is 0 Å². The average molecular weight is 268 g/mol. The van der Waals surface area contributed by atoms with Crippen LogP contribution in [0.2, 0.25) is 0 Å². The van der Waals surface area contributed by atoms with Crippen LogP contribution in [-0.2, 0) is 11.3 Å². The smallest absolute Gasteiger partial charge is 0.320 e. The van der Waals surface area contributed by atoms with E-state index in [1.165, 1.54) is 4.88 Å². The Labute approximate surface area is 112 Å². The topological polar surface area (TPSA) is 43.8 Å². The van der Waals surface area contributed by atoms with Crippen LogP contribution in [0.5, 0.6) is 0 Å². The normalized spacial score (nSPS) is 25.5. The molecule has 100 valence electrons. The standard InChI is InChI=1S/C13H20N2O2S/c1-14(2)10-5-6-15(12(8-10)13(16)17)9-11-4-3-7-18-11/h3-4,7,10,12H,5-6,8-9H2,1-2H3,(H,16,17). The van der Waals surface area contributed by atoms with Crippen LogP contribution in [0.1, 0.15) is 17.7 Å². The van der Waals surface area contributed by atoms with Crippen LogP contribution in [0, 0.1) is 0 Å². The fourth-order valence-electron chi connectivity index (χ4n) is 2.51. The van der Waals surface area contributed by atoms with Crippen molar-refractivity contribution >= 4 is 17.3 Å². The molecule has 2 unspecified atom stereocenters. The van der Waals surface area contributed by atoms with Gasteiger partial charge in [-0.1, -0.05) is 6.07 Å². The summed E-state index contributed by atoms with van der Waals surface area (Å²) in [5.74, 6) is -0.696. The third kappa shape index (κ3) is 3.10. The van der Waals surface area contributed by atoms with Crippen molar-refractivity contribution in [2.75, 3.05) is 20.6 Å². The van der Waals surface area contributed by atoms with Crippen LogP contribution in [-0.4, -0.2) is 53.6 Å². The van der Waals surface area contributed by atoms with Crippen LogP contribution in [0.25, 0.3) is 0 Å². The molecule has 18 heavy (non-hydrogen) atoms. The zero-order valence-corrected chi connectivity index (χ0v) is 11.7. The molecule has 0 aromatic carbocycles. The SMILES string of the molecule is CN(C)C1CCN(Cc2cccs2)C(C(=O)O)C1. The number of likely N-dealkylation sites (tertiary alicyclic amines) is 1. The molecule has 0 amide bonds. The van der Waals surface area contributed by atoms with Crippen LogP contribution in [0.4, 0.5) is 0 Å². The highest BCUT2D eigenvalue weighted by Crippen LogP contribution is 2.24. The zero-order chi connectivity index (χ0) is 13.1. The molecule has 1 saturated heterocycles. The van der Waals surface area contributed by atoms with Gasteiger partial charge >= 0.3 is 5.97 Å². The molecule has 2 atom stereocenters. The van der Waals surface area contributed by atoms with Gasteiger partial charge in [0, 0.05) is 24.0 Å². The molecular weight excluding hydrogens is 248 g/mol. The van der Waals surface area contributed by atoms with Gasteiger partial charge in [-0.2, -0.15) is 0 Å². The maximum Gasteiger partial charge on any atom is 0.320 e. The molecule has 1 fully saturated rings. The molecule has 1 aliphatic heterocycles. The molecule has 4 nitrogen and oxygen atoms in total. The van der Waals surface area contributed by atoms with E-state index < -0.39 is 5.97 Å². The number of carboxylic acid groups (broad SMARTS) is 1. The predicted octanol–water partition coefficient (Wildman–Crippen LogP) is 1.73. The van der Waals surface area contributed by atoms with Gasteiger partial charge in [-0.15, -0.1) is 11.3 Å². The van der Waals surface area contributed by atoms with Crippen molar-refractivity contribution in [3.05, 3.63) is 22.4 Å². The van der Waals surface area contributed by atoms with Crippen molar-refractivity contribution in [3.8, 4) is 0 Å². The van der Waals surface area contributed by atoms with Crippen LogP contribution < -0.4 is 0 Å². The first-order valence-electron chi connectivity index (χ1n) is 6.23. The first-order valence-corrected chi connectivity index (χ1v) is 7.11. The summed E-state index contributed by atoms with van der Waals surface area (Å²) < 4.78 is 0. The second-order valence-corrected chi connectivity index (χ2v) is 6.08. The molecule has 1 aromatic heterocycles. The number of thiophene rings is 1. The predicted molar refractivity (Wildman–Crippen MR) is 72.9 cm³/mol. The summed E-state index contributed by atoms with van der Waals surface area (Å²) in [6.45, 7) is 1.62. The third-order valence-corrected chi connectivity index (χ3v) is 4.50. The highest BCUT2D eigenvalue weighted by atomic mass is 32.1. The summed E-state index contributed by atoms with van der Waals surface area (Å²) >= 11 is 1.69. The van der Waals surface area contributed by atoms with E-state index in [9.17, 15) is 9.90 Å². The maximum absolute atomic E-state index is 11.4. The lowest BCUT2D eigenvalue weighted by Crippen LogP contribution is -2.51. The highest BCUT2D eigenvalue weighted by Gasteiger charge is 2.34. The molecule has 0 bridgehead atoms. The largest absolute Gasteiger partial charge is 0.480 e. The Bertz CT molecular complexity index is 392. The molecule has 0 spiro atoms. The van der Waals surface area contributed by atoms with Gasteiger partial charge in [-0.25, -0.2) is 0 Å². The number of hydrogen-bond donors (Lipinski definition) is 1. The second kappa shape index (κ2) is 5.82. The summed E-state index contributed by atoms with van der Waals surface area (Å²) in [5, 5.41) is 11.4. The fraction of sp³-hybridized carbons (Fsp3) is 0.615. The number of nitrogens with zero attached hydrogens (tertiary/aromatic N) is 2. The van der Waals surface area contributed by atoms with E-state index in [-0.39, 0.29) is 6.04 Å². The highest BCUT2D eigenvalue weighted by molar-refractivity contribution is 7.09. The minimum Gasteiger partial charge on any atom is -0.480 e. The van der Waals surface area contributed by atoms with E-state index in [1.807, 2.05) is 25.5 Å². The summed E-state index contributed by atoms with van der Waals surface area (Å²) in [6.07, 6.45) is 1.76. The summed E-state index contributed by atoms with van der Waals surface area (Å²) in [7, 11) is 4.05. The van der Waals surface area contributed by atoms with Crippen molar-refractivity contribution in [2.45, 2.75) is 31.5 Å². The Balaban J connectivity index is 2.03. The Morgan fingerprint density at radius 2 is 2.39 bits per heavy atom. The van der Waals surface area contributed by atoms with Crippen molar-refractivity contribution < 1.29 is 9.90 Å². The first kappa shape index (κ1) is 13.5. The van der Waals surface area contributed by atoms with Crippen LogP contribution in [0.3, 0.4) is 0 Å². The lowest BCUT2D eigenvalue weighted by molar-refractivity contribution is -0.145. The van der Waals surface area contributed by atoms with Gasteiger partial charge in [-0.05, 0) is 38.4 Å². The Morgan fingerprint density at radius 3 is 2.94 bits per heavy atom. The summed E-state index contributed by atoms with van der Waals surface area (Å²) in [4.78, 5) is 16.9. The van der Waals surface area contributed by atoms with E-state index >= 15 is 0 Å². The average Bonchev–Trinajstić information content (AvgIpc) is 2.81. The van der Waals surface area contributed by atoms with E-state index in [4.69, 9.17) is 0 Å². The number of rotatable bonds is 4. The number of carboxylic acids is 1. The fourth-order valence-corrected chi connectivity index (χ4v) is 3.24. The maximum atomic E-state index is 11.4. The van der Waals surface area contributed by atoms with Gasteiger partial charge in [0.1, 0.15) is 6.04 Å². The lowest BCUT2D eigenvalue weighted by Gasteiger charge is -2.39. The number of carbonyl (C=O) groups is 1. The van der Waals surface area contributed by atoms with Gasteiger partial charge < -0.3 is 10.0 Å². The molecule has 0 aliphatic carbocycles. The van der Waals surface area contributed by atoms with E-state index in [0.717, 1.165) is 19.5 Å². The lowest BCUT2D eigenvalue weighted by atomic mass is 9.96. The molecule has 0 radical (unpaired) electrons. The molecule has 1 N–H and O–H groups in total. The quantitative estimate of drug-likeness (QED) is 0.903. The second-order valence-electron chi connectivity index (χ2n) is 5.05. The van der Waals surface area contributed by atoms with E-state index in [1.54, 1.807) is 11.3 Å². The third-order valence-electron chi connectivity index (χ3n) is 3.64. The molecule has 0 saturated carbocycles. The van der Waals surface area contributed by atoms with Gasteiger partial charge in [0.2, 0.25) is 0 Å². The van der Waals surface area contributed by atoms with Gasteiger partial charge in [0.05, 0.1) is 0 Å². The molecule has 2 rings (SSSR count). The first-order chi connectivity index (χ1) is 8.58. The summed E-state index contributed by atoms with van der Waals surface area (Å²) in [6, 6.07) is 4.11. The minimum atomic E-state index is -0.696. The molecule has 1 aliphatic rings.